The average Bonchev–Trinajstić information content (AvgIpc) is 2.48. The lowest BCUT2D eigenvalue weighted by Gasteiger charge is -2.40. The van der Waals surface area contributed by atoms with Crippen molar-refractivity contribution >= 4 is 5.97 Å². The summed E-state index contributed by atoms with van der Waals surface area (Å²) in [6.45, 7) is 3.02. The summed E-state index contributed by atoms with van der Waals surface area (Å²) in [5.74, 6) is 3.97. The molecule has 2 nitrogen and oxygen atoms in total. The minimum atomic E-state index is 0.0773. The first-order chi connectivity index (χ1) is 9.78. The number of carbonyl (C=O) groups excluding carboxylic acids is 1. The second kappa shape index (κ2) is 6.49. The molecule has 0 aromatic rings. The van der Waals surface area contributed by atoms with E-state index in [2.05, 4.69) is 6.92 Å². The Morgan fingerprint density at radius 2 is 1.45 bits per heavy atom. The summed E-state index contributed by atoms with van der Waals surface area (Å²) < 4.78 is 4.94. The van der Waals surface area contributed by atoms with E-state index in [-0.39, 0.29) is 11.9 Å². The number of esters is 1. The Morgan fingerprint density at radius 1 is 0.900 bits per heavy atom. The van der Waals surface area contributed by atoms with E-state index < -0.39 is 0 Å². The summed E-state index contributed by atoms with van der Waals surface area (Å²) >= 11 is 0. The second-order valence-corrected chi connectivity index (χ2v) is 7.48. The van der Waals surface area contributed by atoms with Crippen LogP contribution in [0, 0.1) is 29.6 Å². The van der Waals surface area contributed by atoms with Crippen molar-refractivity contribution in [2.24, 2.45) is 29.6 Å². The molecule has 0 amide bonds. The minimum Gasteiger partial charge on any atom is -0.464 e. The van der Waals surface area contributed by atoms with E-state index in [4.69, 9.17) is 4.74 Å². The van der Waals surface area contributed by atoms with Crippen LogP contribution >= 0.6 is 0 Å². The molecule has 3 fully saturated rings. The van der Waals surface area contributed by atoms with Crippen LogP contribution in [0.15, 0.2) is 0 Å². The van der Waals surface area contributed by atoms with Crippen LogP contribution in [0.3, 0.4) is 0 Å². The van der Waals surface area contributed by atoms with E-state index in [1.807, 2.05) is 0 Å². The van der Waals surface area contributed by atoms with E-state index in [1.54, 1.807) is 0 Å². The minimum absolute atomic E-state index is 0.0773. The number of cyclic esters (lactones) is 1. The van der Waals surface area contributed by atoms with Crippen molar-refractivity contribution in [1.82, 2.24) is 0 Å². The molecule has 0 spiro atoms. The van der Waals surface area contributed by atoms with Gasteiger partial charge in [-0.1, -0.05) is 32.6 Å². The van der Waals surface area contributed by atoms with Gasteiger partial charge in [0.1, 0.15) is 6.61 Å². The molecule has 1 atom stereocenters. The molecule has 0 radical (unpaired) electrons. The van der Waals surface area contributed by atoms with Gasteiger partial charge in [0.2, 0.25) is 0 Å². The van der Waals surface area contributed by atoms with Crippen LogP contribution in [-0.4, -0.2) is 12.6 Å². The molecular weight excluding hydrogens is 248 g/mol. The van der Waals surface area contributed by atoms with E-state index >= 15 is 0 Å². The molecule has 0 bridgehead atoms. The van der Waals surface area contributed by atoms with Crippen LogP contribution in [0.1, 0.15) is 71.1 Å². The lowest BCUT2D eigenvalue weighted by molar-refractivity contribution is -0.174. The summed E-state index contributed by atoms with van der Waals surface area (Å²) in [6.07, 6.45) is 14.0. The fourth-order valence-electron chi connectivity index (χ4n) is 4.95. The van der Waals surface area contributed by atoms with Gasteiger partial charge in [-0.05, 0) is 62.2 Å². The van der Waals surface area contributed by atoms with Crippen molar-refractivity contribution in [2.75, 3.05) is 6.61 Å². The highest BCUT2D eigenvalue weighted by Crippen LogP contribution is 2.44. The molecule has 1 saturated heterocycles. The predicted molar refractivity (Wildman–Crippen MR) is 80.3 cm³/mol. The largest absolute Gasteiger partial charge is 0.464 e. The normalized spacial score (nSPS) is 41.9. The van der Waals surface area contributed by atoms with Gasteiger partial charge in [0.15, 0.2) is 0 Å². The molecule has 0 N–H and O–H groups in total. The lowest BCUT2D eigenvalue weighted by Crippen LogP contribution is -2.42. The molecular formula is C18H30O2. The first-order valence-corrected chi connectivity index (χ1v) is 8.94. The van der Waals surface area contributed by atoms with Crippen LogP contribution in [-0.2, 0) is 9.53 Å². The van der Waals surface area contributed by atoms with Gasteiger partial charge in [0.05, 0.1) is 5.92 Å². The zero-order valence-corrected chi connectivity index (χ0v) is 13.0. The van der Waals surface area contributed by atoms with Gasteiger partial charge in [-0.3, -0.25) is 4.79 Å². The third-order valence-corrected chi connectivity index (χ3v) is 6.35. The van der Waals surface area contributed by atoms with E-state index in [9.17, 15) is 4.79 Å². The van der Waals surface area contributed by atoms with Gasteiger partial charge in [-0.25, -0.2) is 0 Å². The number of rotatable bonds is 4. The zero-order valence-electron chi connectivity index (χ0n) is 13.0. The van der Waals surface area contributed by atoms with Crippen LogP contribution in [0.5, 0.6) is 0 Å². The number of ether oxygens (including phenoxy) is 1. The molecule has 1 aliphatic heterocycles. The Morgan fingerprint density at radius 3 is 1.90 bits per heavy atom. The van der Waals surface area contributed by atoms with Crippen LogP contribution in [0.4, 0.5) is 0 Å². The molecule has 114 valence electrons. The van der Waals surface area contributed by atoms with Crippen molar-refractivity contribution in [3.8, 4) is 0 Å². The van der Waals surface area contributed by atoms with Crippen molar-refractivity contribution in [1.29, 1.82) is 0 Å². The molecule has 1 unspecified atom stereocenters. The van der Waals surface area contributed by atoms with Crippen LogP contribution in [0.2, 0.25) is 0 Å². The average molecular weight is 278 g/mol. The molecule has 2 aliphatic carbocycles. The molecule has 3 aliphatic rings. The molecule has 1 heterocycles. The highest BCUT2D eigenvalue weighted by Gasteiger charge is 2.40. The standard InChI is InChI=1S/C18H30O2/c1-2-3-13-4-6-14(7-5-13)15-8-10-16(11-9-15)17-12-20-18(17)19/h13-17H,2-12H2,1H3. The lowest BCUT2D eigenvalue weighted by atomic mass is 9.67. The monoisotopic (exact) mass is 278 g/mol. The van der Waals surface area contributed by atoms with Crippen molar-refractivity contribution < 1.29 is 9.53 Å². The van der Waals surface area contributed by atoms with Gasteiger partial charge in [0, 0.05) is 0 Å². The Balaban J connectivity index is 1.41. The van der Waals surface area contributed by atoms with Crippen LogP contribution in [0.25, 0.3) is 0 Å². The Labute approximate surface area is 123 Å². The summed E-state index contributed by atoms with van der Waals surface area (Å²) in [7, 11) is 0. The fraction of sp³-hybridized carbons (Fsp3) is 0.944. The topological polar surface area (TPSA) is 26.3 Å². The molecule has 20 heavy (non-hydrogen) atoms. The van der Waals surface area contributed by atoms with Gasteiger partial charge in [-0.2, -0.15) is 0 Å². The summed E-state index contributed by atoms with van der Waals surface area (Å²) in [5.41, 5.74) is 0. The fourth-order valence-corrected chi connectivity index (χ4v) is 4.95. The van der Waals surface area contributed by atoms with Gasteiger partial charge in [-0.15, -0.1) is 0 Å². The summed E-state index contributed by atoms with van der Waals surface area (Å²) in [4.78, 5) is 11.4. The van der Waals surface area contributed by atoms with Gasteiger partial charge < -0.3 is 4.74 Å². The third-order valence-electron chi connectivity index (χ3n) is 6.35. The molecule has 2 saturated carbocycles. The third kappa shape index (κ3) is 3.04. The van der Waals surface area contributed by atoms with Gasteiger partial charge in [0.25, 0.3) is 0 Å². The maximum Gasteiger partial charge on any atom is 0.312 e. The van der Waals surface area contributed by atoms with Gasteiger partial charge >= 0.3 is 5.97 Å². The molecule has 0 aromatic carbocycles. The maximum absolute atomic E-state index is 11.4. The Kier molecular flexibility index (Phi) is 4.68. The second-order valence-electron chi connectivity index (χ2n) is 7.48. The van der Waals surface area contributed by atoms with Crippen molar-refractivity contribution in [2.45, 2.75) is 71.1 Å². The molecule has 3 rings (SSSR count). The van der Waals surface area contributed by atoms with E-state index in [0.717, 1.165) is 17.8 Å². The smallest absolute Gasteiger partial charge is 0.312 e. The van der Waals surface area contributed by atoms with Crippen molar-refractivity contribution in [3.63, 3.8) is 0 Å². The van der Waals surface area contributed by atoms with E-state index in [1.165, 1.54) is 64.2 Å². The Bertz CT molecular complexity index is 322. The number of hydrogen-bond acceptors (Lipinski definition) is 2. The number of carbonyl (C=O) groups is 1. The predicted octanol–water partition coefficient (Wildman–Crippen LogP) is 4.57. The zero-order chi connectivity index (χ0) is 13.9. The molecule has 2 heteroatoms. The number of hydrogen-bond donors (Lipinski definition) is 0. The maximum atomic E-state index is 11.4. The Hall–Kier alpha value is -0.530. The first kappa shape index (κ1) is 14.4. The first-order valence-electron chi connectivity index (χ1n) is 8.94. The van der Waals surface area contributed by atoms with Crippen molar-refractivity contribution in [3.05, 3.63) is 0 Å². The highest BCUT2D eigenvalue weighted by molar-refractivity contribution is 5.77. The summed E-state index contributed by atoms with van der Waals surface area (Å²) in [6, 6.07) is 0. The molecule has 0 aromatic heterocycles. The highest BCUT2D eigenvalue weighted by atomic mass is 16.6. The SMILES string of the molecule is CCCC1CCC(C2CCC(C3COC3=O)CC2)CC1. The van der Waals surface area contributed by atoms with Crippen LogP contribution < -0.4 is 0 Å². The van der Waals surface area contributed by atoms with E-state index in [0.29, 0.717) is 12.5 Å². The summed E-state index contributed by atoms with van der Waals surface area (Å²) in [5, 5.41) is 0. The quantitative estimate of drug-likeness (QED) is 0.704.